The molecule has 0 bridgehead atoms. The number of carbonyl (C=O) groups is 1. The van der Waals surface area contributed by atoms with E-state index in [4.69, 9.17) is 17.3 Å². The zero-order valence-electron chi connectivity index (χ0n) is 19.5. The van der Waals surface area contributed by atoms with Crippen LogP contribution in [0.2, 0.25) is 5.02 Å². The van der Waals surface area contributed by atoms with Crippen LogP contribution in [0.25, 0.3) is 16.8 Å². The van der Waals surface area contributed by atoms with E-state index in [9.17, 15) is 17.9 Å². The van der Waals surface area contributed by atoms with Crippen molar-refractivity contribution in [2.24, 2.45) is 11.7 Å². The van der Waals surface area contributed by atoms with Crippen molar-refractivity contribution in [3.63, 3.8) is 0 Å². The summed E-state index contributed by atoms with van der Waals surface area (Å²) in [6, 6.07) is 13.4. The maximum Gasteiger partial charge on any atom is 0.253 e. The molecule has 7 nitrogen and oxygen atoms in total. The van der Waals surface area contributed by atoms with E-state index in [-0.39, 0.29) is 12.1 Å². The maximum absolute atomic E-state index is 14.0. The SMILES string of the molecule is NC(=O)c1c(-c2ccc(Cl)cc2)nn2cc(N(CCc3ccc(Br)c(F)c3)S(=O)[O-])c(CC3CC3)cc12. The monoisotopic (exact) mass is 603 g/mol. The molecule has 1 aliphatic carbocycles. The second-order valence-corrected chi connectivity index (χ2v) is 11.2. The van der Waals surface area contributed by atoms with Gasteiger partial charge in [-0.15, -0.1) is 0 Å². The van der Waals surface area contributed by atoms with Crippen molar-refractivity contribution >= 4 is 55.9 Å². The Balaban J connectivity index is 1.60. The summed E-state index contributed by atoms with van der Waals surface area (Å²) in [5.41, 5.74) is 9.50. The van der Waals surface area contributed by atoms with Crippen LogP contribution in [0.4, 0.5) is 10.1 Å². The molecule has 5 rings (SSSR count). The number of hydrogen-bond donors (Lipinski definition) is 1. The summed E-state index contributed by atoms with van der Waals surface area (Å²) in [6.45, 7) is 0.105. The van der Waals surface area contributed by atoms with Crippen molar-refractivity contribution in [1.82, 2.24) is 9.61 Å². The first-order valence-corrected chi connectivity index (χ1v) is 13.8. The molecule has 2 aromatic heterocycles. The largest absolute Gasteiger partial charge is 0.755 e. The number of nitrogens with zero attached hydrogens (tertiary/aromatic N) is 3. The smallest absolute Gasteiger partial charge is 0.253 e. The average molecular weight is 605 g/mol. The first-order chi connectivity index (χ1) is 17.7. The standard InChI is InChI=1S/C26H23BrClFN4O3S/c27-20-8-3-16(12-21(20)29)9-10-33(37(35)36)23-14-32-22(13-18(23)11-15-1-2-15)24(26(30)34)25(31-32)17-4-6-19(28)7-5-17/h3-8,12-15H,1-2,9-11H2,(H2,30,34)(H,35,36)/p-1. The number of anilines is 1. The molecule has 11 heteroatoms. The number of primary amides is 1. The topological polar surface area (TPSA) is 104 Å². The number of benzene rings is 2. The van der Waals surface area contributed by atoms with Crippen molar-refractivity contribution in [3.05, 3.63) is 86.7 Å². The van der Waals surface area contributed by atoms with Gasteiger partial charge in [-0.05, 0) is 89.0 Å². The molecule has 0 radical (unpaired) electrons. The highest BCUT2D eigenvalue weighted by Crippen LogP contribution is 2.38. The van der Waals surface area contributed by atoms with Gasteiger partial charge in [-0.25, -0.2) is 8.91 Å². The van der Waals surface area contributed by atoms with Gasteiger partial charge in [0.15, 0.2) is 0 Å². The van der Waals surface area contributed by atoms with E-state index < -0.39 is 23.0 Å². The van der Waals surface area contributed by atoms with Gasteiger partial charge < -0.3 is 14.6 Å². The van der Waals surface area contributed by atoms with Crippen LogP contribution >= 0.6 is 27.5 Å². The van der Waals surface area contributed by atoms with Crippen LogP contribution in [0.5, 0.6) is 0 Å². The number of fused-ring (bicyclic) bond motifs is 1. The molecule has 0 saturated heterocycles. The average Bonchev–Trinajstić information content (AvgIpc) is 3.59. The third-order valence-electron chi connectivity index (χ3n) is 6.44. The Kier molecular flexibility index (Phi) is 7.35. The molecule has 1 aliphatic rings. The quantitative estimate of drug-likeness (QED) is 0.257. The first kappa shape index (κ1) is 25.8. The van der Waals surface area contributed by atoms with Crippen molar-refractivity contribution in [1.29, 1.82) is 0 Å². The summed E-state index contributed by atoms with van der Waals surface area (Å²) in [5, 5.41) is 5.14. The molecule has 1 amide bonds. The van der Waals surface area contributed by atoms with Crippen molar-refractivity contribution in [3.8, 4) is 11.3 Å². The van der Waals surface area contributed by atoms with E-state index in [1.165, 1.54) is 14.9 Å². The third-order valence-corrected chi connectivity index (χ3v) is 8.07. The summed E-state index contributed by atoms with van der Waals surface area (Å²) in [5.74, 6) is -0.598. The Bertz CT molecular complexity index is 1520. The van der Waals surface area contributed by atoms with Gasteiger partial charge in [0.1, 0.15) is 11.5 Å². The van der Waals surface area contributed by atoms with Crippen LogP contribution in [0, 0.1) is 11.7 Å². The molecule has 0 aliphatic heterocycles. The maximum atomic E-state index is 14.0. The molecule has 1 atom stereocenters. The Morgan fingerprint density at radius 3 is 2.59 bits per heavy atom. The van der Waals surface area contributed by atoms with Gasteiger partial charge in [0.25, 0.3) is 5.91 Å². The van der Waals surface area contributed by atoms with E-state index in [2.05, 4.69) is 21.0 Å². The van der Waals surface area contributed by atoms with E-state index in [0.717, 1.165) is 18.4 Å². The van der Waals surface area contributed by atoms with Gasteiger partial charge in [0.2, 0.25) is 0 Å². The minimum atomic E-state index is -2.60. The lowest BCUT2D eigenvalue weighted by molar-refractivity contribution is 0.100. The molecule has 37 heavy (non-hydrogen) atoms. The normalized spacial score (nSPS) is 14.2. The molecular weight excluding hydrogens is 583 g/mol. The summed E-state index contributed by atoms with van der Waals surface area (Å²) < 4.78 is 41.9. The number of carbonyl (C=O) groups excluding carboxylic acids is 1. The molecule has 1 unspecified atom stereocenters. The second kappa shape index (κ2) is 10.5. The predicted molar refractivity (Wildman–Crippen MR) is 145 cm³/mol. The highest BCUT2D eigenvalue weighted by Gasteiger charge is 2.27. The van der Waals surface area contributed by atoms with E-state index in [1.807, 2.05) is 0 Å². The van der Waals surface area contributed by atoms with E-state index in [0.29, 0.717) is 56.3 Å². The van der Waals surface area contributed by atoms with Crippen molar-refractivity contribution in [2.75, 3.05) is 10.8 Å². The lowest BCUT2D eigenvalue weighted by Gasteiger charge is -2.28. The minimum Gasteiger partial charge on any atom is -0.755 e. The summed E-state index contributed by atoms with van der Waals surface area (Å²) >= 11 is 6.56. The Labute approximate surface area is 229 Å². The number of amides is 1. The third kappa shape index (κ3) is 5.57. The molecule has 2 N–H and O–H groups in total. The second-order valence-electron chi connectivity index (χ2n) is 9.07. The Morgan fingerprint density at radius 2 is 1.97 bits per heavy atom. The fraction of sp³-hybridized carbons (Fsp3) is 0.231. The van der Waals surface area contributed by atoms with E-state index >= 15 is 0 Å². The van der Waals surface area contributed by atoms with Gasteiger partial charge >= 0.3 is 0 Å². The van der Waals surface area contributed by atoms with Crippen LogP contribution in [-0.2, 0) is 24.1 Å². The molecule has 2 aromatic carbocycles. The number of hydrogen-bond acceptors (Lipinski definition) is 4. The first-order valence-electron chi connectivity index (χ1n) is 11.6. The number of pyridine rings is 1. The molecule has 192 valence electrons. The van der Waals surface area contributed by atoms with Crippen LogP contribution in [0.15, 0.2) is 59.2 Å². The van der Waals surface area contributed by atoms with Crippen LogP contribution in [0.1, 0.15) is 34.3 Å². The lowest BCUT2D eigenvalue weighted by Crippen LogP contribution is -2.29. The summed E-state index contributed by atoms with van der Waals surface area (Å²) in [7, 11) is 0. The van der Waals surface area contributed by atoms with Gasteiger partial charge in [-0.1, -0.05) is 29.8 Å². The van der Waals surface area contributed by atoms with Gasteiger partial charge in [0, 0.05) is 28.4 Å². The van der Waals surface area contributed by atoms with Crippen molar-refractivity contribution in [2.45, 2.75) is 25.7 Å². The van der Waals surface area contributed by atoms with Crippen LogP contribution in [0.3, 0.4) is 0 Å². The minimum absolute atomic E-state index is 0.105. The molecule has 2 heterocycles. The highest BCUT2D eigenvalue weighted by atomic mass is 79.9. The zero-order valence-corrected chi connectivity index (χ0v) is 22.7. The van der Waals surface area contributed by atoms with Crippen LogP contribution in [-0.4, -0.2) is 30.8 Å². The lowest BCUT2D eigenvalue weighted by atomic mass is 10.0. The summed E-state index contributed by atoms with van der Waals surface area (Å²) in [6.07, 6.45) is 4.70. The van der Waals surface area contributed by atoms with Crippen LogP contribution < -0.4 is 10.0 Å². The summed E-state index contributed by atoms with van der Waals surface area (Å²) in [4.78, 5) is 12.5. The fourth-order valence-electron chi connectivity index (χ4n) is 4.40. The molecule has 1 saturated carbocycles. The zero-order chi connectivity index (χ0) is 26.3. The van der Waals surface area contributed by atoms with Gasteiger partial charge in [-0.2, -0.15) is 5.10 Å². The Morgan fingerprint density at radius 1 is 1.24 bits per heavy atom. The van der Waals surface area contributed by atoms with Gasteiger partial charge in [0.05, 0.1) is 27.4 Å². The van der Waals surface area contributed by atoms with E-state index in [1.54, 1.807) is 48.7 Å². The predicted octanol–water partition coefficient (Wildman–Crippen LogP) is 5.45. The molecule has 0 spiro atoms. The Hall–Kier alpha value is -2.79. The number of rotatable bonds is 9. The highest BCUT2D eigenvalue weighted by molar-refractivity contribution is 9.10. The molecule has 1 fully saturated rings. The number of aromatic nitrogens is 2. The van der Waals surface area contributed by atoms with Crippen molar-refractivity contribution < 1.29 is 17.9 Å². The molecular formula is C26H22BrClFN4O3S-. The van der Waals surface area contributed by atoms with Gasteiger partial charge in [-0.3, -0.25) is 9.00 Å². The number of halogens is 3. The number of nitrogens with two attached hydrogens (primary N) is 1. The fourth-order valence-corrected chi connectivity index (χ4v) is 5.33. The molecule has 4 aromatic rings.